The van der Waals surface area contributed by atoms with Crippen molar-refractivity contribution >= 4 is 0 Å². The number of nitrogens with zero attached hydrogens (tertiary/aromatic N) is 1. The fraction of sp³-hybridized carbons (Fsp3) is 0.600. The monoisotopic (exact) mass is 265 g/mol. The molecule has 0 aromatic rings. The minimum absolute atomic E-state index is 0. The molecular weight excluding hydrogens is 246 g/mol. The highest BCUT2D eigenvalue weighted by atomic mass is 79.9. The van der Waals surface area contributed by atoms with Crippen molar-refractivity contribution in [3.63, 3.8) is 0 Å². The van der Waals surface area contributed by atoms with Crippen LogP contribution in [0.5, 0.6) is 0 Å². The van der Waals surface area contributed by atoms with Crippen LogP contribution in [-0.4, -0.2) is 54.1 Å². The van der Waals surface area contributed by atoms with Gasteiger partial charge in [-0.15, -0.1) is 0 Å². The quantitative estimate of drug-likeness (QED) is 0.367. The topological polar surface area (TPSA) is 40.5 Å². The normalized spacial score (nSPS) is 10.4. The maximum absolute atomic E-state index is 8.92. The molecule has 2 N–H and O–H groups in total. The summed E-state index contributed by atoms with van der Waals surface area (Å²) in [7, 11) is 0. The molecule has 0 saturated carbocycles. The van der Waals surface area contributed by atoms with Gasteiger partial charge in [0.15, 0.2) is 0 Å². The molecule has 0 radical (unpaired) electrons. The second-order valence-electron chi connectivity index (χ2n) is 3.18. The van der Waals surface area contributed by atoms with E-state index in [1.54, 1.807) is 0 Å². The van der Waals surface area contributed by atoms with E-state index in [-0.39, 0.29) is 30.2 Å². The summed E-state index contributed by atoms with van der Waals surface area (Å²) in [5.74, 6) is 0. The maximum Gasteiger partial charge on any atom is 0.103 e. The third-order valence-corrected chi connectivity index (χ3v) is 2.18. The van der Waals surface area contributed by atoms with E-state index < -0.39 is 0 Å². The Morgan fingerprint density at radius 2 is 1.29 bits per heavy atom. The van der Waals surface area contributed by atoms with E-state index in [9.17, 15) is 0 Å². The first-order valence-electron chi connectivity index (χ1n) is 4.53. The highest BCUT2D eigenvalue weighted by Crippen LogP contribution is 2.06. The number of halogens is 1. The van der Waals surface area contributed by atoms with Gasteiger partial charge in [0, 0.05) is 0 Å². The summed E-state index contributed by atoms with van der Waals surface area (Å²) in [6.45, 7) is 10.4. The predicted octanol–water partition coefficient (Wildman–Crippen LogP) is -2.84. The third-order valence-electron chi connectivity index (χ3n) is 2.18. The molecule has 0 bridgehead atoms. The number of hydrogen-bond acceptors (Lipinski definition) is 2. The van der Waals surface area contributed by atoms with Crippen LogP contribution in [0.3, 0.4) is 0 Å². The van der Waals surface area contributed by atoms with Gasteiger partial charge in [-0.1, -0.05) is 13.2 Å². The number of aliphatic hydroxyl groups is 2. The number of rotatable bonds is 8. The Morgan fingerprint density at radius 1 is 0.929 bits per heavy atom. The largest absolute Gasteiger partial charge is 1.00 e. The second-order valence-corrected chi connectivity index (χ2v) is 3.18. The summed E-state index contributed by atoms with van der Waals surface area (Å²) in [6, 6.07) is 0. The molecule has 0 spiro atoms. The van der Waals surface area contributed by atoms with Gasteiger partial charge in [-0.3, -0.25) is 0 Å². The lowest BCUT2D eigenvalue weighted by molar-refractivity contribution is -0.917. The van der Waals surface area contributed by atoms with Crippen LogP contribution in [0, 0.1) is 0 Å². The van der Waals surface area contributed by atoms with E-state index >= 15 is 0 Å². The summed E-state index contributed by atoms with van der Waals surface area (Å²) >= 11 is 0. The molecule has 0 heterocycles. The predicted molar refractivity (Wildman–Crippen MR) is 54.3 cm³/mol. The fourth-order valence-corrected chi connectivity index (χ4v) is 1.52. The number of aliphatic hydroxyl groups excluding tert-OH is 2. The van der Waals surface area contributed by atoms with E-state index in [1.165, 1.54) is 0 Å². The molecule has 0 rings (SSSR count). The first-order valence-corrected chi connectivity index (χ1v) is 4.53. The van der Waals surface area contributed by atoms with Gasteiger partial charge in [0.1, 0.15) is 13.1 Å². The van der Waals surface area contributed by atoms with Crippen LogP contribution in [0.15, 0.2) is 25.3 Å². The van der Waals surface area contributed by atoms with Gasteiger partial charge in [0.25, 0.3) is 0 Å². The molecular formula is C10H20BrNO2. The first kappa shape index (κ1) is 16.3. The van der Waals surface area contributed by atoms with Crippen molar-refractivity contribution in [2.75, 3.05) is 39.4 Å². The molecule has 0 fully saturated rings. The van der Waals surface area contributed by atoms with Gasteiger partial charge in [0.2, 0.25) is 0 Å². The Labute approximate surface area is 96.7 Å². The van der Waals surface area contributed by atoms with Gasteiger partial charge < -0.3 is 31.7 Å². The summed E-state index contributed by atoms with van der Waals surface area (Å²) in [5.41, 5.74) is 0. The zero-order valence-electron chi connectivity index (χ0n) is 8.53. The van der Waals surface area contributed by atoms with Gasteiger partial charge in [0.05, 0.1) is 26.3 Å². The summed E-state index contributed by atoms with van der Waals surface area (Å²) in [6.07, 6.45) is 3.63. The fourth-order valence-electron chi connectivity index (χ4n) is 1.52. The standard InChI is InChI=1S/C10H20NO2.BrH/c1-3-5-11(6-4-2,7-9-12)8-10-13;/h3-4,12-13H,1-2,5-10H2;1H/q+1;/p-1. The van der Waals surface area contributed by atoms with Crippen LogP contribution in [-0.2, 0) is 0 Å². The minimum Gasteiger partial charge on any atom is -1.00 e. The van der Waals surface area contributed by atoms with Crippen LogP contribution >= 0.6 is 0 Å². The van der Waals surface area contributed by atoms with Crippen LogP contribution in [0.4, 0.5) is 0 Å². The molecule has 0 amide bonds. The van der Waals surface area contributed by atoms with Crippen molar-refractivity contribution < 1.29 is 31.7 Å². The summed E-state index contributed by atoms with van der Waals surface area (Å²) in [4.78, 5) is 0. The van der Waals surface area contributed by atoms with E-state index in [0.717, 1.165) is 13.1 Å². The molecule has 3 nitrogen and oxygen atoms in total. The smallest absolute Gasteiger partial charge is 0.103 e. The van der Waals surface area contributed by atoms with Gasteiger partial charge >= 0.3 is 0 Å². The molecule has 0 aliphatic heterocycles. The molecule has 84 valence electrons. The van der Waals surface area contributed by atoms with E-state index in [4.69, 9.17) is 10.2 Å². The SMILES string of the molecule is C=CC[N+](CC=C)(CCO)CCO.[Br-]. The van der Waals surface area contributed by atoms with Gasteiger partial charge in [-0.05, 0) is 12.2 Å². The van der Waals surface area contributed by atoms with Crippen LogP contribution in [0.1, 0.15) is 0 Å². The molecule has 14 heavy (non-hydrogen) atoms. The first-order chi connectivity index (χ1) is 6.24. The highest BCUT2D eigenvalue weighted by Gasteiger charge is 2.22. The number of hydrogen-bond donors (Lipinski definition) is 2. The summed E-state index contributed by atoms with van der Waals surface area (Å²) in [5, 5.41) is 17.8. The van der Waals surface area contributed by atoms with Gasteiger partial charge in [-0.25, -0.2) is 0 Å². The van der Waals surface area contributed by atoms with Gasteiger partial charge in [-0.2, -0.15) is 0 Å². The molecule has 0 aliphatic carbocycles. The Bertz CT molecular complexity index is 144. The molecule has 0 atom stereocenters. The minimum atomic E-state index is 0. The lowest BCUT2D eigenvalue weighted by Gasteiger charge is -2.35. The van der Waals surface area contributed by atoms with Crippen molar-refractivity contribution in [1.82, 2.24) is 0 Å². The average molecular weight is 266 g/mol. The van der Waals surface area contributed by atoms with Crippen molar-refractivity contribution in [3.8, 4) is 0 Å². The zero-order valence-corrected chi connectivity index (χ0v) is 10.1. The Hall–Kier alpha value is -0.160. The molecule has 0 aliphatic rings. The molecule has 0 aromatic heterocycles. The van der Waals surface area contributed by atoms with Crippen LogP contribution in [0.25, 0.3) is 0 Å². The van der Waals surface area contributed by atoms with Crippen molar-refractivity contribution in [3.05, 3.63) is 25.3 Å². The highest BCUT2D eigenvalue weighted by molar-refractivity contribution is 4.72. The molecule has 4 heteroatoms. The lowest BCUT2D eigenvalue weighted by Crippen LogP contribution is -3.00. The van der Waals surface area contributed by atoms with Crippen molar-refractivity contribution in [2.24, 2.45) is 0 Å². The van der Waals surface area contributed by atoms with Crippen molar-refractivity contribution in [2.45, 2.75) is 0 Å². The molecule has 0 aromatic carbocycles. The summed E-state index contributed by atoms with van der Waals surface area (Å²) < 4.78 is 0.639. The Morgan fingerprint density at radius 3 is 1.50 bits per heavy atom. The average Bonchev–Trinajstić information content (AvgIpc) is 2.06. The van der Waals surface area contributed by atoms with Crippen LogP contribution < -0.4 is 17.0 Å². The number of quaternary nitrogens is 1. The zero-order chi connectivity index (χ0) is 10.2. The van der Waals surface area contributed by atoms with Crippen LogP contribution in [0.2, 0.25) is 0 Å². The van der Waals surface area contributed by atoms with E-state index in [1.807, 2.05) is 12.2 Å². The Balaban J connectivity index is 0. The van der Waals surface area contributed by atoms with E-state index in [2.05, 4.69) is 13.2 Å². The molecule has 0 unspecified atom stereocenters. The maximum atomic E-state index is 8.92. The Kier molecular flexibility index (Phi) is 10.9. The third kappa shape index (κ3) is 5.54. The van der Waals surface area contributed by atoms with E-state index in [0.29, 0.717) is 17.6 Å². The lowest BCUT2D eigenvalue weighted by atomic mass is 10.3. The van der Waals surface area contributed by atoms with Crippen molar-refractivity contribution in [1.29, 1.82) is 0 Å². The molecule has 0 saturated heterocycles. The second kappa shape index (κ2) is 9.40.